The van der Waals surface area contributed by atoms with E-state index in [0.717, 1.165) is 16.6 Å². The summed E-state index contributed by atoms with van der Waals surface area (Å²) in [6.07, 6.45) is 3.99. The molecule has 2 rings (SSSR count). The Hall–Kier alpha value is -1.97. The minimum absolute atomic E-state index is 0.258. The smallest absolute Gasteiger partial charge is 0.302 e. The molecule has 0 saturated carbocycles. The number of hydrogen-bond donors (Lipinski definition) is 0. The molecule has 2 aromatic rings. The Balaban J connectivity index is 2.20. The van der Waals surface area contributed by atoms with Crippen LogP contribution in [0.15, 0.2) is 30.6 Å². The summed E-state index contributed by atoms with van der Waals surface area (Å²) in [6.45, 7) is 1.79. The first-order valence-electron chi connectivity index (χ1n) is 5.09. The largest absolute Gasteiger partial charge is 0.466 e. The second-order valence-corrected chi connectivity index (χ2v) is 3.43. The quantitative estimate of drug-likeness (QED) is 0.733. The lowest BCUT2D eigenvalue weighted by Crippen LogP contribution is -2.04. The first-order valence-corrected chi connectivity index (χ1v) is 5.09. The van der Waals surface area contributed by atoms with Crippen molar-refractivity contribution in [1.82, 2.24) is 9.97 Å². The molecule has 4 heteroatoms. The molecule has 0 aliphatic carbocycles. The summed E-state index contributed by atoms with van der Waals surface area (Å²) in [6, 6.07) is 5.82. The summed E-state index contributed by atoms with van der Waals surface area (Å²) >= 11 is 0. The number of fused-ring (bicyclic) bond motifs is 1. The van der Waals surface area contributed by atoms with Gasteiger partial charge < -0.3 is 4.74 Å². The van der Waals surface area contributed by atoms with Gasteiger partial charge in [0.1, 0.15) is 0 Å². The number of nitrogens with zero attached hydrogens (tertiary/aromatic N) is 2. The molecule has 1 aromatic heterocycles. The van der Waals surface area contributed by atoms with E-state index in [0.29, 0.717) is 13.0 Å². The first kappa shape index (κ1) is 10.5. The fraction of sp³-hybridized carbons (Fsp3) is 0.250. The average molecular weight is 216 g/mol. The molecule has 0 unspecified atom stereocenters. The Morgan fingerprint density at radius 2 is 2.12 bits per heavy atom. The van der Waals surface area contributed by atoms with Crippen molar-refractivity contribution < 1.29 is 9.53 Å². The van der Waals surface area contributed by atoms with E-state index in [2.05, 4.69) is 9.97 Å². The highest BCUT2D eigenvalue weighted by Crippen LogP contribution is 2.14. The van der Waals surface area contributed by atoms with Gasteiger partial charge in [-0.15, -0.1) is 0 Å². The van der Waals surface area contributed by atoms with Crippen molar-refractivity contribution in [2.75, 3.05) is 6.61 Å². The number of carbonyl (C=O) groups excluding carboxylic acids is 1. The molecule has 1 aromatic carbocycles. The number of hydrogen-bond acceptors (Lipinski definition) is 4. The maximum absolute atomic E-state index is 10.6. The topological polar surface area (TPSA) is 52.1 Å². The van der Waals surface area contributed by atoms with Gasteiger partial charge in [0.25, 0.3) is 0 Å². The molecule has 0 bridgehead atoms. The van der Waals surface area contributed by atoms with Gasteiger partial charge in [-0.1, -0.05) is 12.1 Å². The zero-order valence-electron chi connectivity index (χ0n) is 9.01. The Morgan fingerprint density at radius 1 is 1.31 bits per heavy atom. The molecule has 0 spiro atoms. The zero-order chi connectivity index (χ0) is 11.4. The van der Waals surface area contributed by atoms with E-state index < -0.39 is 0 Å². The van der Waals surface area contributed by atoms with Crippen molar-refractivity contribution in [1.29, 1.82) is 0 Å². The summed E-state index contributed by atoms with van der Waals surface area (Å²) in [4.78, 5) is 19.1. The molecule has 16 heavy (non-hydrogen) atoms. The summed E-state index contributed by atoms with van der Waals surface area (Å²) in [5.41, 5.74) is 2.78. The number of esters is 1. The molecule has 82 valence electrons. The van der Waals surface area contributed by atoms with Gasteiger partial charge in [-0.05, 0) is 11.6 Å². The molecule has 0 aliphatic rings. The molecule has 1 heterocycles. The monoisotopic (exact) mass is 216 g/mol. The Morgan fingerprint density at radius 3 is 2.94 bits per heavy atom. The van der Waals surface area contributed by atoms with Crippen LogP contribution in [-0.2, 0) is 16.0 Å². The molecular weight excluding hydrogens is 204 g/mol. The van der Waals surface area contributed by atoms with E-state index in [1.54, 1.807) is 12.4 Å². The zero-order valence-corrected chi connectivity index (χ0v) is 9.01. The van der Waals surface area contributed by atoms with E-state index in [1.165, 1.54) is 6.92 Å². The van der Waals surface area contributed by atoms with E-state index in [4.69, 9.17) is 4.74 Å². The number of rotatable bonds is 3. The van der Waals surface area contributed by atoms with E-state index in [-0.39, 0.29) is 5.97 Å². The summed E-state index contributed by atoms with van der Waals surface area (Å²) in [5.74, 6) is -0.258. The molecule has 0 radical (unpaired) electrons. The molecule has 0 atom stereocenters. The van der Waals surface area contributed by atoms with Crippen molar-refractivity contribution in [3.63, 3.8) is 0 Å². The van der Waals surface area contributed by atoms with Gasteiger partial charge in [0.15, 0.2) is 0 Å². The van der Waals surface area contributed by atoms with Crippen LogP contribution in [0.2, 0.25) is 0 Å². The molecule has 0 N–H and O–H groups in total. The Bertz CT molecular complexity index is 506. The van der Waals surface area contributed by atoms with Crippen LogP contribution in [0.25, 0.3) is 11.0 Å². The standard InChI is InChI=1S/C12H12N2O2/c1-9(15)16-8-5-10-3-2-4-11-12(10)14-7-6-13-11/h2-4,6-7H,5,8H2,1H3. The van der Waals surface area contributed by atoms with Crippen molar-refractivity contribution in [2.45, 2.75) is 13.3 Å². The van der Waals surface area contributed by atoms with Gasteiger partial charge >= 0.3 is 5.97 Å². The Labute approximate surface area is 93.3 Å². The van der Waals surface area contributed by atoms with Crippen LogP contribution in [0.5, 0.6) is 0 Å². The third kappa shape index (κ3) is 2.34. The lowest BCUT2D eigenvalue weighted by Gasteiger charge is -2.04. The van der Waals surface area contributed by atoms with Crippen molar-refractivity contribution >= 4 is 17.0 Å². The third-order valence-corrected chi connectivity index (χ3v) is 2.26. The molecular formula is C12H12N2O2. The van der Waals surface area contributed by atoms with Crippen LogP contribution in [0.4, 0.5) is 0 Å². The van der Waals surface area contributed by atoms with Gasteiger partial charge in [-0.3, -0.25) is 14.8 Å². The van der Waals surface area contributed by atoms with Crippen LogP contribution < -0.4 is 0 Å². The van der Waals surface area contributed by atoms with E-state index >= 15 is 0 Å². The molecule has 0 fully saturated rings. The number of aromatic nitrogens is 2. The average Bonchev–Trinajstić information content (AvgIpc) is 2.29. The SMILES string of the molecule is CC(=O)OCCc1cccc2nccnc12. The lowest BCUT2D eigenvalue weighted by molar-refractivity contribution is -0.140. The minimum atomic E-state index is -0.258. The highest BCUT2D eigenvalue weighted by atomic mass is 16.5. The summed E-state index contributed by atoms with van der Waals surface area (Å²) in [7, 11) is 0. The summed E-state index contributed by atoms with van der Waals surface area (Å²) < 4.78 is 4.91. The third-order valence-electron chi connectivity index (χ3n) is 2.26. The minimum Gasteiger partial charge on any atom is -0.466 e. The van der Waals surface area contributed by atoms with Gasteiger partial charge in [0.05, 0.1) is 17.6 Å². The van der Waals surface area contributed by atoms with Crippen LogP contribution in [0.3, 0.4) is 0 Å². The Kier molecular flexibility index (Phi) is 3.10. The predicted octanol–water partition coefficient (Wildman–Crippen LogP) is 1.74. The van der Waals surface area contributed by atoms with Crippen LogP contribution in [0.1, 0.15) is 12.5 Å². The first-order chi connectivity index (χ1) is 7.77. The highest BCUT2D eigenvalue weighted by molar-refractivity contribution is 5.77. The fourth-order valence-electron chi connectivity index (χ4n) is 1.56. The van der Waals surface area contributed by atoms with Gasteiger partial charge in [0, 0.05) is 25.7 Å². The van der Waals surface area contributed by atoms with Crippen molar-refractivity contribution in [3.8, 4) is 0 Å². The lowest BCUT2D eigenvalue weighted by atomic mass is 10.1. The van der Waals surface area contributed by atoms with Crippen molar-refractivity contribution in [3.05, 3.63) is 36.2 Å². The number of para-hydroxylation sites is 1. The van der Waals surface area contributed by atoms with Crippen LogP contribution in [-0.4, -0.2) is 22.5 Å². The molecule has 0 saturated heterocycles. The number of carbonyl (C=O) groups is 1. The highest BCUT2D eigenvalue weighted by Gasteiger charge is 2.03. The summed E-state index contributed by atoms with van der Waals surface area (Å²) in [5, 5.41) is 0. The number of ether oxygens (including phenoxy) is 1. The van der Waals surface area contributed by atoms with Gasteiger partial charge in [0.2, 0.25) is 0 Å². The van der Waals surface area contributed by atoms with Crippen LogP contribution in [0, 0.1) is 0 Å². The van der Waals surface area contributed by atoms with Gasteiger partial charge in [-0.25, -0.2) is 0 Å². The normalized spacial score (nSPS) is 10.3. The van der Waals surface area contributed by atoms with Crippen molar-refractivity contribution in [2.24, 2.45) is 0 Å². The second kappa shape index (κ2) is 4.70. The fourth-order valence-corrected chi connectivity index (χ4v) is 1.56. The van der Waals surface area contributed by atoms with E-state index in [9.17, 15) is 4.79 Å². The second-order valence-electron chi connectivity index (χ2n) is 3.43. The molecule has 0 aliphatic heterocycles. The number of benzene rings is 1. The van der Waals surface area contributed by atoms with E-state index in [1.807, 2.05) is 18.2 Å². The molecule has 4 nitrogen and oxygen atoms in total. The van der Waals surface area contributed by atoms with Crippen LogP contribution >= 0.6 is 0 Å². The maximum Gasteiger partial charge on any atom is 0.302 e. The molecule has 0 amide bonds. The predicted molar refractivity (Wildman–Crippen MR) is 59.9 cm³/mol. The van der Waals surface area contributed by atoms with Gasteiger partial charge in [-0.2, -0.15) is 0 Å². The maximum atomic E-state index is 10.6.